The number of hydrogen-bond acceptors (Lipinski definition) is 5. The lowest BCUT2D eigenvalue weighted by atomic mass is 10.1. The second kappa shape index (κ2) is 5.46. The highest BCUT2D eigenvalue weighted by Crippen LogP contribution is 2.09. The van der Waals surface area contributed by atoms with Gasteiger partial charge in [-0.25, -0.2) is 9.52 Å². The topological polar surface area (TPSA) is 92.8 Å². The largest absolute Gasteiger partial charge is 0.446 e. The molecule has 17 heavy (non-hydrogen) atoms. The summed E-state index contributed by atoms with van der Waals surface area (Å²) in [5.74, 6) is -0.154. The summed E-state index contributed by atoms with van der Waals surface area (Å²) in [5, 5.41) is 0. The maximum Gasteiger partial charge on any atom is 0.422 e. The first-order chi connectivity index (χ1) is 7.81. The van der Waals surface area contributed by atoms with Gasteiger partial charge in [-0.05, 0) is 20.3 Å². The minimum atomic E-state index is -3.97. The van der Waals surface area contributed by atoms with Gasteiger partial charge in [-0.15, -0.1) is 0 Å². The molecule has 1 aliphatic heterocycles. The van der Waals surface area contributed by atoms with Crippen LogP contribution in [0.25, 0.3) is 0 Å². The van der Waals surface area contributed by atoms with Crippen molar-refractivity contribution in [3.63, 3.8) is 0 Å². The van der Waals surface area contributed by atoms with Crippen molar-refractivity contribution in [3.05, 3.63) is 0 Å². The number of Topliss-reactive ketones (excluding diaryl/α,β-unsaturated/α-hetero) is 1. The molecule has 98 valence electrons. The van der Waals surface area contributed by atoms with Gasteiger partial charge in [0.1, 0.15) is 5.78 Å². The molecule has 0 saturated carbocycles. The van der Waals surface area contributed by atoms with Crippen LogP contribution in [-0.4, -0.2) is 43.8 Å². The normalized spacial score (nSPS) is 18.2. The SMILES string of the molecule is CC(C)OC(=O)NS(=O)(=O)N1CCCC(=O)C1. The van der Waals surface area contributed by atoms with Gasteiger partial charge in [0.05, 0.1) is 12.6 Å². The van der Waals surface area contributed by atoms with E-state index in [1.165, 1.54) is 0 Å². The molecule has 0 aliphatic carbocycles. The fourth-order valence-electron chi connectivity index (χ4n) is 1.42. The van der Waals surface area contributed by atoms with Crippen molar-refractivity contribution < 1.29 is 22.7 Å². The van der Waals surface area contributed by atoms with Crippen molar-refractivity contribution in [2.24, 2.45) is 0 Å². The van der Waals surface area contributed by atoms with E-state index < -0.39 is 22.4 Å². The predicted molar refractivity (Wildman–Crippen MR) is 59.5 cm³/mol. The number of ketones is 1. The molecule has 0 aromatic heterocycles. The number of nitrogens with zero attached hydrogens (tertiary/aromatic N) is 1. The smallest absolute Gasteiger partial charge is 0.422 e. The van der Waals surface area contributed by atoms with Crippen LogP contribution >= 0.6 is 0 Å². The van der Waals surface area contributed by atoms with Crippen molar-refractivity contribution in [1.82, 2.24) is 9.03 Å². The molecule has 0 unspecified atom stereocenters. The molecule has 1 fully saturated rings. The second-order valence-corrected chi connectivity index (χ2v) is 5.71. The van der Waals surface area contributed by atoms with Gasteiger partial charge in [0.25, 0.3) is 0 Å². The van der Waals surface area contributed by atoms with Crippen molar-refractivity contribution in [3.8, 4) is 0 Å². The molecule has 1 N–H and O–H groups in total. The highest BCUT2D eigenvalue weighted by molar-refractivity contribution is 7.87. The molecular formula is C9H16N2O5S. The molecule has 0 atom stereocenters. The maximum atomic E-state index is 11.7. The lowest BCUT2D eigenvalue weighted by Crippen LogP contribution is -2.48. The van der Waals surface area contributed by atoms with Crippen LogP contribution in [0.1, 0.15) is 26.7 Å². The predicted octanol–water partition coefficient (Wildman–Crippen LogP) is 0.0307. The summed E-state index contributed by atoms with van der Waals surface area (Å²) >= 11 is 0. The van der Waals surface area contributed by atoms with Crippen LogP contribution in [0, 0.1) is 0 Å². The number of hydrogen-bond donors (Lipinski definition) is 1. The summed E-state index contributed by atoms with van der Waals surface area (Å²) in [6.45, 7) is 3.26. The fraction of sp³-hybridized carbons (Fsp3) is 0.778. The van der Waals surface area contributed by atoms with Gasteiger partial charge < -0.3 is 4.74 Å². The second-order valence-electron chi connectivity index (χ2n) is 4.04. The monoisotopic (exact) mass is 264 g/mol. The number of carbonyl (C=O) groups excluding carboxylic acids is 2. The Morgan fingerprint density at radius 1 is 1.47 bits per heavy atom. The minimum Gasteiger partial charge on any atom is -0.446 e. The lowest BCUT2D eigenvalue weighted by Gasteiger charge is -2.24. The molecule has 0 aromatic rings. The number of carbonyl (C=O) groups is 2. The summed E-state index contributed by atoms with van der Waals surface area (Å²) in [6, 6.07) is 0. The summed E-state index contributed by atoms with van der Waals surface area (Å²) < 4.78 is 30.7. The molecule has 0 radical (unpaired) electrons. The highest BCUT2D eigenvalue weighted by Gasteiger charge is 2.29. The number of rotatable bonds is 3. The average Bonchev–Trinajstić information content (AvgIpc) is 2.15. The van der Waals surface area contributed by atoms with Crippen LogP contribution in [0.15, 0.2) is 0 Å². The van der Waals surface area contributed by atoms with Crippen LogP contribution in [0.2, 0.25) is 0 Å². The molecule has 0 aromatic carbocycles. The Labute approximate surface area is 100 Å². The summed E-state index contributed by atoms with van der Waals surface area (Å²) in [5.41, 5.74) is 0. The Bertz CT molecular complexity index is 404. The maximum absolute atomic E-state index is 11.7. The van der Waals surface area contributed by atoms with Crippen molar-refractivity contribution >= 4 is 22.1 Å². The number of amides is 1. The van der Waals surface area contributed by atoms with E-state index in [0.717, 1.165) is 4.31 Å². The quantitative estimate of drug-likeness (QED) is 0.776. The van der Waals surface area contributed by atoms with Crippen molar-refractivity contribution in [2.75, 3.05) is 13.1 Å². The van der Waals surface area contributed by atoms with E-state index in [-0.39, 0.29) is 18.9 Å². The van der Waals surface area contributed by atoms with Crippen LogP contribution in [-0.2, 0) is 19.7 Å². The van der Waals surface area contributed by atoms with Gasteiger partial charge in [-0.2, -0.15) is 12.7 Å². The molecule has 1 aliphatic rings. The molecule has 8 heteroatoms. The van der Waals surface area contributed by atoms with Crippen LogP contribution in [0.4, 0.5) is 4.79 Å². The van der Waals surface area contributed by atoms with E-state index in [0.29, 0.717) is 12.8 Å². The molecule has 7 nitrogen and oxygen atoms in total. The zero-order valence-electron chi connectivity index (χ0n) is 9.80. The lowest BCUT2D eigenvalue weighted by molar-refractivity contribution is -0.120. The molecule has 1 saturated heterocycles. The van der Waals surface area contributed by atoms with Gasteiger partial charge in [-0.1, -0.05) is 0 Å². The van der Waals surface area contributed by atoms with Gasteiger partial charge in [0.2, 0.25) is 0 Å². The third kappa shape index (κ3) is 4.31. The van der Waals surface area contributed by atoms with Crippen molar-refractivity contribution in [2.45, 2.75) is 32.8 Å². The van der Waals surface area contributed by atoms with E-state index in [1.807, 2.05) is 0 Å². The Morgan fingerprint density at radius 2 is 2.12 bits per heavy atom. The van der Waals surface area contributed by atoms with E-state index >= 15 is 0 Å². The highest BCUT2D eigenvalue weighted by atomic mass is 32.2. The van der Waals surface area contributed by atoms with Gasteiger partial charge in [-0.3, -0.25) is 4.79 Å². The summed E-state index contributed by atoms with van der Waals surface area (Å²) in [7, 11) is -3.97. The minimum absolute atomic E-state index is 0.154. The zero-order valence-corrected chi connectivity index (χ0v) is 10.6. The van der Waals surface area contributed by atoms with Crippen molar-refractivity contribution in [1.29, 1.82) is 0 Å². The van der Waals surface area contributed by atoms with Gasteiger partial charge >= 0.3 is 16.3 Å². The summed E-state index contributed by atoms with van der Waals surface area (Å²) in [6.07, 6.45) is -0.590. The molecule has 0 bridgehead atoms. The number of ether oxygens (including phenoxy) is 1. The molecule has 1 amide bonds. The van der Waals surface area contributed by atoms with E-state index in [9.17, 15) is 18.0 Å². The Kier molecular flexibility index (Phi) is 4.47. The van der Waals surface area contributed by atoms with Crippen LogP contribution in [0.5, 0.6) is 0 Å². The first kappa shape index (κ1) is 13.9. The van der Waals surface area contributed by atoms with E-state index in [2.05, 4.69) is 4.74 Å². The molecule has 1 rings (SSSR count). The zero-order chi connectivity index (χ0) is 13.1. The Hall–Kier alpha value is -1.15. The summed E-state index contributed by atoms with van der Waals surface area (Å²) in [4.78, 5) is 22.3. The standard InChI is InChI=1S/C9H16N2O5S/c1-7(2)16-9(13)10-17(14,15)11-5-3-4-8(12)6-11/h7H,3-6H2,1-2H3,(H,10,13). The molecular weight excluding hydrogens is 248 g/mol. The van der Waals surface area contributed by atoms with Crippen LogP contribution in [0.3, 0.4) is 0 Å². The fourth-order valence-corrected chi connectivity index (χ4v) is 2.49. The third-order valence-corrected chi connectivity index (χ3v) is 3.53. The number of nitrogens with one attached hydrogen (secondary N) is 1. The van der Waals surface area contributed by atoms with Crippen LogP contribution < -0.4 is 4.72 Å². The molecule has 0 spiro atoms. The van der Waals surface area contributed by atoms with E-state index in [1.54, 1.807) is 18.6 Å². The Morgan fingerprint density at radius 3 is 2.65 bits per heavy atom. The van der Waals surface area contributed by atoms with E-state index in [4.69, 9.17) is 0 Å². The first-order valence-electron chi connectivity index (χ1n) is 5.31. The third-order valence-electron chi connectivity index (χ3n) is 2.11. The Balaban J connectivity index is 2.61. The number of piperidine rings is 1. The molecule has 1 heterocycles. The first-order valence-corrected chi connectivity index (χ1v) is 6.75. The van der Waals surface area contributed by atoms with Gasteiger partial charge in [0.15, 0.2) is 0 Å². The van der Waals surface area contributed by atoms with Gasteiger partial charge in [0, 0.05) is 13.0 Å². The average molecular weight is 264 g/mol.